The van der Waals surface area contributed by atoms with Crippen molar-refractivity contribution in [2.75, 3.05) is 20.3 Å². The lowest BCUT2D eigenvalue weighted by Crippen LogP contribution is -2.68. The third-order valence-electron chi connectivity index (χ3n) is 4.87. The molecule has 1 aliphatic carbocycles. The topological polar surface area (TPSA) is 181 Å². The monoisotopic (exact) mass is 392 g/mol. The first-order valence-electron chi connectivity index (χ1n) is 8.61. The van der Waals surface area contributed by atoms with Crippen LogP contribution in [0.3, 0.4) is 0 Å². The molecule has 0 aromatic carbocycles. The molecular formula is C16H28N2O9. The number of rotatable bonds is 6. The molecule has 2 aliphatic rings. The van der Waals surface area contributed by atoms with Crippen molar-refractivity contribution in [3.63, 3.8) is 0 Å². The van der Waals surface area contributed by atoms with E-state index in [2.05, 4.69) is 10.6 Å². The van der Waals surface area contributed by atoms with Gasteiger partial charge in [-0.3, -0.25) is 4.79 Å². The summed E-state index contributed by atoms with van der Waals surface area (Å²) >= 11 is 0. The van der Waals surface area contributed by atoms with Gasteiger partial charge >= 0.3 is 0 Å². The molecule has 2 rings (SSSR count). The van der Waals surface area contributed by atoms with E-state index < -0.39 is 61.6 Å². The van der Waals surface area contributed by atoms with E-state index in [4.69, 9.17) is 9.47 Å². The fourth-order valence-corrected chi connectivity index (χ4v) is 3.31. The van der Waals surface area contributed by atoms with Gasteiger partial charge in [0.25, 0.3) is 0 Å². The van der Waals surface area contributed by atoms with Crippen LogP contribution in [0.2, 0.25) is 0 Å². The van der Waals surface area contributed by atoms with Crippen molar-refractivity contribution in [1.82, 2.24) is 10.6 Å². The summed E-state index contributed by atoms with van der Waals surface area (Å²) in [6.45, 7) is 0.765. The molecule has 9 unspecified atom stereocenters. The van der Waals surface area contributed by atoms with Crippen LogP contribution in [0.15, 0.2) is 11.6 Å². The van der Waals surface area contributed by atoms with Crippen molar-refractivity contribution in [2.45, 2.75) is 61.9 Å². The van der Waals surface area contributed by atoms with Crippen LogP contribution in [0.1, 0.15) is 6.92 Å². The maximum Gasteiger partial charge on any atom is 0.216 e. The molecule has 1 saturated heterocycles. The molecule has 156 valence electrons. The highest BCUT2D eigenvalue weighted by molar-refractivity contribution is 5.72. The van der Waals surface area contributed by atoms with Crippen LogP contribution in [-0.2, 0) is 14.3 Å². The van der Waals surface area contributed by atoms with Gasteiger partial charge in [-0.15, -0.1) is 0 Å². The van der Waals surface area contributed by atoms with E-state index in [0.717, 1.165) is 0 Å². The van der Waals surface area contributed by atoms with Gasteiger partial charge in [-0.05, 0) is 5.57 Å². The van der Waals surface area contributed by atoms with Gasteiger partial charge in [0, 0.05) is 20.6 Å². The molecule has 0 bridgehead atoms. The van der Waals surface area contributed by atoms with Crippen molar-refractivity contribution in [3.8, 4) is 0 Å². The molecule has 1 heterocycles. The Balaban J connectivity index is 2.23. The fourth-order valence-electron chi connectivity index (χ4n) is 3.31. The van der Waals surface area contributed by atoms with E-state index in [1.807, 2.05) is 0 Å². The Hall–Kier alpha value is -1.15. The second-order valence-corrected chi connectivity index (χ2v) is 6.74. The molecule has 9 atom stereocenters. The maximum absolute atomic E-state index is 11.2. The Morgan fingerprint density at radius 3 is 2.37 bits per heavy atom. The van der Waals surface area contributed by atoms with Crippen LogP contribution in [0.5, 0.6) is 0 Å². The number of carbonyl (C=O) groups excluding carboxylic acids is 1. The number of ether oxygens (including phenoxy) is 2. The standard InChI is InChI=1S/C16H28N2O9/c1-6(20)17-4-9-10(13(23)15(25)16(26-2)27-9)18-8-3-7(5-19)11(21)14(24)12(8)22/h3,8-16,18-19,21-25H,4-5H2,1-2H3,(H,17,20). The Bertz CT molecular complexity index is 546. The van der Waals surface area contributed by atoms with Crippen LogP contribution >= 0.6 is 0 Å². The molecule has 0 radical (unpaired) electrons. The van der Waals surface area contributed by atoms with Gasteiger partial charge in [-0.2, -0.15) is 0 Å². The molecule has 1 amide bonds. The van der Waals surface area contributed by atoms with Gasteiger partial charge < -0.3 is 50.7 Å². The number of amides is 1. The van der Waals surface area contributed by atoms with Crippen LogP contribution in [-0.4, -0.2) is 112 Å². The first-order valence-corrected chi connectivity index (χ1v) is 8.61. The summed E-state index contributed by atoms with van der Waals surface area (Å²) in [4.78, 5) is 11.2. The summed E-state index contributed by atoms with van der Waals surface area (Å²) in [6, 6.07) is -1.92. The zero-order valence-electron chi connectivity index (χ0n) is 15.1. The van der Waals surface area contributed by atoms with Crippen LogP contribution < -0.4 is 10.6 Å². The highest BCUT2D eigenvalue weighted by Crippen LogP contribution is 2.25. The summed E-state index contributed by atoms with van der Waals surface area (Å²) in [5.74, 6) is -0.328. The van der Waals surface area contributed by atoms with E-state index in [1.54, 1.807) is 0 Å². The normalized spacial score (nSPS) is 42.5. The molecule has 0 saturated carbocycles. The number of carbonyl (C=O) groups is 1. The molecular weight excluding hydrogens is 364 g/mol. The second-order valence-electron chi connectivity index (χ2n) is 6.74. The van der Waals surface area contributed by atoms with Crippen molar-refractivity contribution in [2.24, 2.45) is 0 Å². The predicted octanol–water partition coefficient (Wildman–Crippen LogP) is -4.44. The Labute approximate surface area is 156 Å². The van der Waals surface area contributed by atoms with E-state index in [1.165, 1.54) is 20.1 Å². The predicted molar refractivity (Wildman–Crippen MR) is 90.3 cm³/mol. The zero-order chi connectivity index (χ0) is 20.3. The molecule has 11 heteroatoms. The summed E-state index contributed by atoms with van der Waals surface area (Å²) in [5.41, 5.74) is 0.102. The average molecular weight is 392 g/mol. The minimum absolute atomic E-state index is 0.0127. The minimum Gasteiger partial charge on any atom is -0.392 e. The van der Waals surface area contributed by atoms with E-state index in [-0.39, 0.29) is 18.0 Å². The summed E-state index contributed by atoms with van der Waals surface area (Å²) < 4.78 is 10.6. The summed E-state index contributed by atoms with van der Waals surface area (Å²) in [6.07, 6.45) is -7.82. The largest absolute Gasteiger partial charge is 0.392 e. The maximum atomic E-state index is 11.2. The lowest BCUT2D eigenvalue weighted by molar-refractivity contribution is -0.267. The van der Waals surface area contributed by atoms with Gasteiger partial charge in [0.2, 0.25) is 5.91 Å². The molecule has 11 nitrogen and oxygen atoms in total. The third-order valence-corrected chi connectivity index (χ3v) is 4.87. The van der Waals surface area contributed by atoms with E-state index in [9.17, 15) is 35.4 Å². The van der Waals surface area contributed by atoms with Crippen molar-refractivity contribution in [3.05, 3.63) is 11.6 Å². The van der Waals surface area contributed by atoms with E-state index in [0.29, 0.717) is 0 Å². The molecule has 1 aliphatic heterocycles. The molecule has 8 N–H and O–H groups in total. The Morgan fingerprint density at radius 2 is 1.81 bits per heavy atom. The summed E-state index contributed by atoms with van der Waals surface area (Å²) in [5, 5.41) is 65.4. The quantitative estimate of drug-likeness (QED) is 0.205. The minimum atomic E-state index is -1.55. The first-order chi connectivity index (χ1) is 12.7. The average Bonchev–Trinajstić information content (AvgIpc) is 2.64. The number of nitrogens with one attached hydrogen (secondary N) is 2. The Kier molecular flexibility index (Phi) is 7.68. The second kappa shape index (κ2) is 9.37. The summed E-state index contributed by atoms with van der Waals surface area (Å²) in [7, 11) is 1.29. The van der Waals surface area contributed by atoms with Crippen molar-refractivity contribution < 1.29 is 44.9 Å². The van der Waals surface area contributed by atoms with Gasteiger partial charge in [-0.1, -0.05) is 6.08 Å². The molecule has 27 heavy (non-hydrogen) atoms. The third kappa shape index (κ3) is 4.83. The van der Waals surface area contributed by atoms with Crippen LogP contribution in [0.4, 0.5) is 0 Å². The van der Waals surface area contributed by atoms with Gasteiger partial charge in [0.15, 0.2) is 6.29 Å². The number of aliphatic hydroxyl groups is 6. The van der Waals surface area contributed by atoms with Crippen LogP contribution in [0.25, 0.3) is 0 Å². The number of methoxy groups -OCH3 is 1. The molecule has 0 aromatic heterocycles. The smallest absolute Gasteiger partial charge is 0.216 e. The van der Waals surface area contributed by atoms with E-state index >= 15 is 0 Å². The van der Waals surface area contributed by atoms with Crippen LogP contribution in [0, 0.1) is 0 Å². The van der Waals surface area contributed by atoms with Crippen molar-refractivity contribution in [1.29, 1.82) is 0 Å². The fraction of sp³-hybridized carbons (Fsp3) is 0.812. The lowest BCUT2D eigenvalue weighted by atomic mass is 9.86. The van der Waals surface area contributed by atoms with Gasteiger partial charge in [-0.25, -0.2) is 0 Å². The Morgan fingerprint density at radius 1 is 1.15 bits per heavy atom. The highest BCUT2D eigenvalue weighted by Gasteiger charge is 2.47. The van der Waals surface area contributed by atoms with Crippen molar-refractivity contribution >= 4 is 5.91 Å². The molecule has 1 fully saturated rings. The van der Waals surface area contributed by atoms with Gasteiger partial charge in [0.1, 0.15) is 30.5 Å². The highest BCUT2D eigenvalue weighted by atomic mass is 16.7. The lowest BCUT2D eigenvalue weighted by Gasteiger charge is -2.45. The van der Waals surface area contributed by atoms with Gasteiger partial charge in [0.05, 0.1) is 24.8 Å². The molecule has 0 aromatic rings. The molecule has 0 spiro atoms. The number of hydrogen-bond donors (Lipinski definition) is 8. The number of aliphatic hydroxyl groups excluding tert-OH is 6. The zero-order valence-corrected chi connectivity index (χ0v) is 15.1. The SMILES string of the molecule is COC1OC(CNC(C)=O)C(NC2C=C(CO)C(O)C(O)C2O)C(O)C1O. The first kappa shape index (κ1) is 22.1. The number of hydrogen-bond acceptors (Lipinski definition) is 10.